The number of fused-ring (bicyclic) bond motifs is 4. The van der Waals surface area contributed by atoms with E-state index in [-0.39, 0.29) is 27.3 Å². The average molecular weight is 936 g/mol. The van der Waals surface area contributed by atoms with Crippen LogP contribution in [-0.4, -0.2) is 154 Å². The standard InChI is InChI=1S/2C5H5N.2C2H7N.B14H6O26.Cd/c2*1-2-4-6-5-3-1;2*1-2-3;15-1-21-7-25-8-22-2(16)29-13(36-8)33-6(20)34-14(40-13)30-4(18)24-10(38-14)26-9-23-3(17)28-12(37-9)32-5(19)31-11(27-1,35-7)39-12;/h2*1-5H;2*2-3H2,1H3;15-20H;/q;;;;-4;+2/p+2/t;;;;11-,12+,13-,14+;. The SMILES string of the molecule is CC[NH3+].CC[NH3+].OB1OB2OB3OB(O)O[B@-]4(OB(O)O[B@@-]5(OB(O)OB(OB6OB(O)O[B@@-]7(OB(O)O[B@@-](O1)(O2)O7)O6)O5)O4)O3.[Cd+2].c1ccncc1.c1ccncc1. The number of hydrogen-bond acceptors (Lipinski definition) is 28. The molecule has 0 aromatic carbocycles. The molecule has 9 rings (SSSR count). The van der Waals surface area contributed by atoms with Crippen LogP contribution in [0.2, 0.25) is 0 Å². The van der Waals surface area contributed by atoms with Crippen molar-refractivity contribution < 1.29 is 160 Å². The minimum Gasteiger partial charge on any atom is -0.680 e. The molecule has 0 radical (unpaired) electrons. The summed E-state index contributed by atoms with van der Waals surface area (Å²) in [5.41, 5.74) is 6.97. The molecule has 2 aromatic rings. The Morgan fingerprint density at radius 2 is 0.610 bits per heavy atom. The third-order valence-electron chi connectivity index (χ3n) is 6.53. The van der Waals surface area contributed by atoms with Crippen molar-refractivity contribution in [1.29, 1.82) is 0 Å². The summed E-state index contributed by atoms with van der Waals surface area (Å²) in [6.07, 6.45) is 7.00. The van der Waals surface area contributed by atoms with Gasteiger partial charge in [0.1, 0.15) is 0 Å². The van der Waals surface area contributed by atoms with Crippen LogP contribution in [0.25, 0.3) is 0 Å². The van der Waals surface area contributed by atoms with Crippen LogP contribution in [0, 0.1) is 0 Å². The van der Waals surface area contributed by atoms with Gasteiger partial charge in [0.25, 0.3) is 0 Å². The van der Waals surface area contributed by atoms with Gasteiger partial charge in [0, 0.05) is 24.8 Å². The van der Waals surface area contributed by atoms with Crippen molar-refractivity contribution in [2.45, 2.75) is 13.8 Å². The van der Waals surface area contributed by atoms with Crippen molar-refractivity contribution in [1.82, 2.24) is 9.97 Å². The van der Waals surface area contributed by atoms with E-state index in [2.05, 4.69) is 21.4 Å². The van der Waals surface area contributed by atoms with Gasteiger partial charge in [-0.25, -0.2) is 0 Å². The molecule has 0 amide bonds. The Kier molecular flexibility index (Phi) is 20.3. The first kappa shape index (κ1) is 50.7. The molecule has 0 aliphatic carbocycles. The molecule has 2 aromatic heterocycles. The first-order valence-electron chi connectivity index (χ1n) is 17.1. The molecule has 12 N–H and O–H groups in total. The topological polar surface area (TPSA) is 387 Å². The second kappa shape index (κ2) is 23.6. The van der Waals surface area contributed by atoms with Gasteiger partial charge in [-0.05, 0) is 38.1 Å². The molecule has 308 valence electrons. The van der Waals surface area contributed by atoms with Gasteiger partial charge >= 0.3 is 128 Å². The van der Waals surface area contributed by atoms with Gasteiger partial charge in [-0.2, -0.15) is 0 Å². The van der Waals surface area contributed by atoms with Gasteiger partial charge in [-0.15, -0.1) is 0 Å². The van der Waals surface area contributed by atoms with Crippen molar-refractivity contribution >= 4 is 101 Å². The summed E-state index contributed by atoms with van der Waals surface area (Å²) in [5, 5.41) is 60.7. The van der Waals surface area contributed by atoms with Crippen molar-refractivity contribution in [2.24, 2.45) is 0 Å². The van der Waals surface area contributed by atoms with Crippen LogP contribution >= 0.6 is 0 Å². The van der Waals surface area contributed by atoms with Gasteiger partial charge in [-0.3, -0.25) is 9.97 Å². The molecule has 7 aliphatic rings. The maximum absolute atomic E-state index is 10.2. The minimum absolute atomic E-state index is 0. The zero-order valence-corrected chi connectivity index (χ0v) is 35.2. The average Bonchev–Trinajstić information content (AvgIpc) is 3.11. The van der Waals surface area contributed by atoms with E-state index in [0.717, 1.165) is 13.1 Å². The molecule has 59 heavy (non-hydrogen) atoms. The Bertz CT molecular complexity index is 1260. The Hall–Kier alpha value is -0.989. The molecule has 9 heterocycles. The molecule has 0 saturated carbocycles. The maximum atomic E-state index is 10.2. The number of aromatic nitrogens is 2. The van der Waals surface area contributed by atoms with E-state index in [1.165, 1.54) is 0 Å². The first-order chi connectivity index (χ1) is 27.7. The molecular weight excluding hydrogens is 904 g/mol. The molecule has 0 unspecified atom stereocenters. The minimum atomic E-state index is -3.92. The van der Waals surface area contributed by atoms with E-state index >= 15 is 0 Å². The molecule has 7 aliphatic heterocycles. The zero-order valence-electron chi connectivity index (χ0n) is 31.1. The largest absolute Gasteiger partial charge is 2.00 e. The Balaban J connectivity index is 0.000000337. The predicted octanol–water partition coefficient (Wildman–Crippen LogP) is -9.38. The number of rotatable bonds is 0. The molecular formula is C14H32B14CdN4O26. The molecule has 45 heteroatoms. The Labute approximate surface area is 358 Å². The van der Waals surface area contributed by atoms with Crippen LogP contribution in [0.15, 0.2) is 61.2 Å². The number of hydrogen-bond donors (Lipinski definition) is 8. The summed E-state index contributed by atoms with van der Waals surface area (Å²) >= 11 is 0. The monoisotopic (exact) mass is 940 g/mol. The third-order valence-corrected chi connectivity index (χ3v) is 6.53. The molecule has 7 saturated heterocycles. The fourth-order valence-corrected chi connectivity index (χ4v) is 4.63. The Morgan fingerprint density at radius 3 is 0.797 bits per heavy atom. The summed E-state index contributed by atoms with van der Waals surface area (Å²) in [6.45, 7) is -9.65. The van der Waals surface area contributed by atoms with Gasteiger partial charge in [-0.1, -0.05) is 12.1 Å². The molecule has 4 atom stereocenters. The number of nitrogens with zero attached hydrogens (tertiary/aromatic N) is 2. The van der Waals surface area contributed by atoms with Gasteiger partial charge < -0.3 is 133 Å². The molecule has 8 bridgehead atoms. The van der Waals surface area contributed by atoms with E-state index in [4.69, 9.17) is 91.4 Å². The van der Waals surface area contributed by atoms with Crippen molar-refractivity contribution in [3.8, 4) is 0 Å². The second-order valence-corrected chi connectivity index (χ2v) is 11.1. The van der Waals surface area contributed by atoms with Crippen LogP contribution in [0.3, 0.4) is 0 Å². The fourth-order valence-electron chi connectivity index (χ4n) is 4.63. The van der Waals surface area contributed by atoms with Crippen LogP contribution in [0.5, 0.6) is 0 Å². The quantitative estimate of drug-likeness (QED) is 0.114. The van der Waals surface area contributed by atoms with Gasteiger partial charge in [0.05, 0.1) is 13.1 Å². The number of quaternary nitrogens is 2. The van der Waals surface area contributed by atoms with Gasteiger partial charge in [0.15, 0.2) is 0 Å². The van der Waals surface area contributed by atoms with Crippen molar-refractivity contribution in [3.05, 3.63) is 61.2 Å². The Morgan fingerprint density at radius 1 is 0.390 bits per heavy atom. The van der Waals surface area contributed by atoms with Crippen LogP contribution in [0.4, 0.5) is 0 Å². The van der Waals surface area contributed by atoms with E-state index in [0.29, 0.717) is 0 Å². The van der Waals surface area contributed by atoms with E-state index in [9.17, 15) is 30.1 Å². The maximum Gasteiger partial charge on any atom is 2.00 e. The normalized spacial score (nSPS) is 29.8. The van der Waals surface area contributed by atoms with Crippen LogP contribution in [0.1, 0.15) is 13.8 Å². The molecule has 30 nitrogen and oxygen atoms in total. The summed E-state index contributed by atoms with van der Waals surface area (Å²) in [4.78, 5) is 7.57. The second-order valence-electron chi connectivity index (χ2n) is 11.1. The zero-order chi connectivity index (χ0) is 41.8. The van der Waals surface area contributed by atoms with Crippen LogP contribution < -0.4 is 11.5 Å². The summed E-state index contributed by atoms with van der Waals surface area (Å²) in [6, 6.07) is 11.4. The first-order valence-corrected chi connectivity index (χ1v) is 17.1. The van der Waals surface area contributed by atoms with Crippen molar-refractivity contribution in [3.63, 3.8) is 0 Å². The summed E-state index contributed by atoms with van der Waals surface area (Å²) < 4.78 is 101. The van der Waals surface area contributed by atoms with E-state index < -0.39 is 101 Å². The summed E-state index contributed by atoms with van der Waals surface area (Å²) in [7, 11) is -22.8. The van der Waals surface area contributed by atoms with E-state index in [1.807, 2.05) is 50.2 Å². The predicted molar refractivity (Wildman–Crippen MR) is 191 cm³/mol. The smallest absolute Gasteiger partial charge is 0.680 e. The summed E-state index contributed by atoms with van der Waals surface area (Å²) in [5.74, 6) is 0. The fraction of sp³-hybridized carbons (Fsp3) is 0.286. The molecule has 4 spiro atoms. The molecule has 7 fully saturated rings. The third kappa shape index (κ3) is 15.1. The van der Waals surface area contributed by atoms with Crippen LogP contribution in [-0.2, 0) is 119 Å². The van der Waals surface area contributed by atoms with Gasteiger partial charge in [0.2, 0.25) is 0 Å². The van der Waals surface area contributed by atoms with Crippen molar-refractivity contribution in [2.75, 3.05) is 13.1 Å². The van der Waals surface area contributed by atoms with E-state index in [1.54, 1.807) is 24.8 Å². The number of pyridine rings is 2.